The van der Waals surface area contributed by atoms with Crippen LogP contribution in [0.4, 0.5) is 10.5 Å². The molecule has 0 spiro atoms. The van der Waals surface area contributed by atoms with Crippen LogP contribution in [0.2, 0.25) is 0 Å². The number of rotatable bonds is 4. The van der Waals surface area contributed by atoms with E-state index in [4.69, 9.17) is 0 Å². The third-order valence-corrected chi connectivity index (χ3v) is 9.03. The van der Waals surface area contributed by atoms with Gasteiger partial charge < -0.3 is 9.67 Å². The number of imide groups is 2. The quantitative estimate of drug-likeness (QED) is 0.311. The molecule has 10 nitrogen and oxygen atoms in total. The van der Waals surface area contributed by atoms with Crippen molar-refractivity contribution in [3.63, 3.8) is 0 Å². The number of urea groups is 1. The topological polar surface area (TPSA) is 125 Å². The maximum absolute atomic E-state index is 13.7. The Bertz CT molecular complexity index is 1990. The summed E-state index contributed by atoms with van der Waals surface area (Å²) in [6.45, 7) is 16.6. The molecule has 0 atom stereocenters. The lowest BCUT2D eigenvalue weighted by atomic mass is 9.96. The fourth-order valence-corrected chi connectivity index (χ4v) is 5.45. The molecule has 3 aromatic rings. The number of hydrogen-bond donors (Lipinski definition) is 0. The van der Waals surface area contributed by atoms with Crippen LogP contribution in [0, 0.1) is 55.4 Å². The van der Waals surface area contributed by atoms with E-state index in [-0.39, 0.29) is 24.1 Å². The Balaban J connectivity index is 0.00000552. The number of amides is 4. The van der Waals surface area contributed by atoms with Crippen LogP contribution in [0.5, 0.6) is 5.88 Å². The Morgan fingerprint density at radius 3 is 1.73 bits per heavy atom. The van der Waals surface area contributed by atoms with Gasteiger partial charge in [0, 0.05) is 19.7 Å². The van der Waals surface area contributed by atoms with Gasteiger partial charge in [-0.15, -0.1) is 0 Å². The van der Waals surface area contributed by atoms with E-state index in [9.17, 15) is 29.1 Å². The second kappa shape index (κ2) is 12.2. The third kappa shape index (κ3) is 5.45. The molecule has 0 N–H and O–H groups in total. The van der Waals surface area contributed by atoms with E-state index in [1.54, 1.807) is 12.1 Å². The van der Waals surface area contributed by atoms with Crippen molar-refractivity contribution in [3.8, 4) is 11.6 Å². The molecule has 0 radical (unpaired) electrons. The number of aromatic nitrogens is 2. The maximum atomic E-state index is 13.7. The summed E-state index contributed by atoms with van der Waals surface area (Å²) in [6.07, 6.45) is 2.51. The molecule has 0 saturated carbocycles. The Morgan fingerprint density at radius 2 is 1.20 bits per heavy atom. The first kappa shape index (κ1) is 34.5. The van der Waals surface area contributed by atoms with Gasteiger partial charge in [0.15, 0.2) is 0 Å². The Morgan fingerprint density at radius 1 is 0.711 bits per heavy atom. The lowest BCUT2D eigenvalue weighted by molar-refractivity contribution is -0.280. The van der Waals surface area contributed by atoms with E-state index < -0.39 is 35.0 Å². The number of carbonyl (C=O) groups excluding carboxylic acids is 3. The number of aryl methyl sites for hydroxylation is 2. The molecule has 45 heavy (non-hydrogen) atoms. The van der Waals surface area contributed by atoms with Crippen LogP contribution in [0.1, 0.15) is 64.4 Å². The standard InChI is InChI=1S/C34H38N4O6.CH4/c1-16(12-25-29(39)35(10)33(43)37(31(25)41)27-14-17(2)19(4)21(6)23(27)8)13-26-30(40)36(11)34(44)38(32(26)42)28-15-18(3)20(5)22(7)24(28)9;/h12-15,39H,1-11H3;1H4/p-1/b16-12+,26-13+;. The SMILES string of the molecule is C.CC(=C\c1c([O-])n(C)c(=O)n(-c2cc(C)c(C)c(C)c2C)c1=O)/C=C1\C(=O)N(C)C(=O)N(c2cc(C)c(C)c(C)c2C)C1=O. The van der Waals surface area contributed by atoms with Crippen LogP contribution < -0.4 is 21.3 Å². The van der Waals surface area contributed by atoms with Crippen molar-refractivity contribution >= 4 is 29.6 Å². The molecular weight excluding hydrogens is 572 g/mol. The zero-order chi connectivity index (χ0) is 33.1. The Kier molecular flexibility index (Phi) is 9.34. The molecule has 1 aliphatic rings. The lowest BCUT2D eigenvalue weighted by Crippen LogP contribution is -2.55. The minimum Gasteiger partial charge on any atom is -0.859 e. The molecule has 4 amide bonds. The van der Waals surface area contributed by atoms with Crippen LogP contribution in [-0.4, -0.2) is 38.9 Å². The van der Waals surface area contributed by atoms with Gasteiger partial charge in [0.25, 0.3) is 17.4 Å². The minimum atomic E-state index is -0.821. The van der Waals surface area contributed by atoms with Crippen LogP contribution in [-0.2, 0) is 16.6 Å². The molecule has 1 aliphatic heterocycles. The van der Waals surface area contributed by atoms with Gasteiger partial charge in [-0.25, -0.2) is 19.1 Å². The number of benzene rings is 2. The fourth-order valence-electron chi connectivity index (χ4n) is 5.45. The van der Waals surface area contributed by atoms with Crippen molar-refractivity contribution in [1.29, 1.82) is 0 Å². The summed E-state index contributed by atoms with van der Waals surface area (Å²) in [4.78, 5) is 68.9. The summed E-state index contributed by atoms with van der Waals surface area (Å²) in [5, 5.41) is 13.2. The number of allylic oxidation sites excluding steroid dienone is 2. The van der Waals surface area contributed by atoms with Crippen molar-refractivity contribution in [2.24, 2.45) is 7.05 Å². The second-order valence-electron chi connectivity index (χ2n) is 11.6. The highest BCUT2D eigenvalue weighted by molar-refractivity contribution is 6.37. The van der Waals surface area contributed by atoms with E-state index in [2.05, 4.69) is 0 Å². The predicted molar refractivity (Wildman–Crippen MR) is 175 cm³/mol. The molecule has 0 unspecified atom stereocenters. The van der Waals surface area contributed by atoms with Crippen molar-refractivity contribution in [2.75, 3.05) is 11.9 Å². The maximum Gasteiger partial charge on any atom is 0.338 e. The molecular formula is C35H41N4O6-. The normalized spacial score (nSPS) is 14.9. The van der Waals surface area contributed by atoms with Gasteiger partial charge in [-0.1, -0.05) is 7.43 Å². The highest BCUT2D eigenvalue weighted by atomic mass is 16.3. The molecule has 2 heterocycles. The smallest absolute Gasteiger partial charge is 0.338 e. The van der Waals surface area contributed by atoms with Crippen LogP contribution >= 0.6 is 0 Å². The molecule has 238 valence electrons. The van der Waals surface area contributed by atoms with Gasteiger partial charge in [0.05, 0.1) is 11.4 Å². The van der Waals surface area contributed by atoms with Crippen LogP contribution in [0.15, 0.2) is 38.9 Å². The van der Waals surface area contributed by atoms with Gasteiger partial charge in [-0.05, 0) is 143 Å². The molecule has 1 fully saturated rings. The summed E-state index contributed by atoms with van der Waals surface area (Å²) in [7, 11) is 2.57. The summed E-state index contributed by atoms with van der Waals surface area (Å²) in [6, 6.07) is 2.70. The van der Waals surface area contributed by atoms with Crippen LogP contribution in [0.25, 0.3) is 11.8 Å². The molecule has 1 saturated heterocycles. The first-order valence-corrected chi connectivity index (χ1v) is 14.2. The van der Waals surface area contributed by atoms with Gasteiger partial charge in [0.1, 0.15) is 5.57 Å². The van der Waals surface area contributed by atoms with Crippen molar-refractivity contribution < 1.29 is 19.5 Å². The molecule has 4 rings (SSSR count). The highest BCUT2D eigenvalue weighted by Gasteiger charge is 2.41. The molecule has 1 aromatic heterocycles. The van der Waals surface area contributed by atoms with Crippen molar-refractivity contribution in [2.45, 2.75) is 69.7 Å². The van der Waals surface area contributed by atoms with Gasteiger partial charge >= 0.3 is 11.7 Å². The van der Waals surface area contributed by atoms with Gasteiger partial charge in [-0.2, -0.15) is 0 Å². The molecule has 2 aromatic carbocycles. The van der Waals surface area contributed by atoms with E-state index in [1.807, 2.05) is 55.4 Å². The summed E-state index contributed by atoms with van der Waals surface area (Å²) < 4.78 is 1.83. The second-order valence-corrected chi connectivity index (χ2v) is 11.6. The first-order chi connectivity index (χ1) is 20.4. The van der Waals surface area contributed by atoms with E-state index >= 15 is 0 Å². The number of carbonyl (C=O) groups is 3. The molecule has 10 heteroatoms. The number of barbiturate groups is 1. The average Bonchev–Trinajstić information content (AvgIpc) is 2.98. The summed E-state index contributed by atoms with van der Waals surface area (Å²) in [5.41, 5.74) is 5.86. The fraction of sp³-hybridized carbons (Fsp3) is 0.343. The summed E-state index contributed by atoms with van der Waals surface area (Å²) >= 11 is 0. The van der Waals surface area contributed by atoms with Gasteiger partial charge in [0.2, 0.25) is 0 Å². The number of anilines is 1. The number of likely N-dealkylation sites (N-methyl/N-ethyl adjacent to an activating group) is 1. The van der Waals surface area contributed by atoms with Crippen molar-refractivity contribution in [1.82, 2.24) is 14.0 Å². The third-order valence-electron chi connectivity index (χ3n) is 9.03. The summed E-state index contributed by atoms with van der Waals surface area (Å²) in [5.74, 6) is -2.45. The Labute approximate surface area is 263 Å². The average molecular weight is 614 g/mol. The van der Waals surface area contributed by atoms with Gasteiger partial charge in [-0.3, -0.25) is 19.3 Å². The highest BCUT2D eigenvalue weighted by Crippen LogP contribution is 2.32. The molecule has 0 bridgehead atoms. The van der Waals surface area contributed by atoms with Crippen LogP contribution in [0.3, 0.4) is 0 Å². The Hall–Kier alpha value is -4.99. The van der Waals surface area contributed by atoms with E-state index in [1.165, 1.54) is 33.2 Å². The number of nitrogens with zero attached hydrogens (tertiary/aromatic N) is 4. The first-order valence-electron chi connectivity index (χ1n) is 14.2. The minimum absolute atomic E-state index is 0. The zero-order valence-corrected chi connectivity index (χ0v) is 27.0. The van der Waals surface area contributed by atoms with E-state index in [0.29, 0.717) is 11.4 Å². The largest absolute Gasteiger partial charge is 0.859 e. The van der Waals surface area contributed by atoms with Crippen molar-refractivity contribution in [3.05, 3.63) is 100 Å². The number of hydrogen-bond acceptors (Lipinski definition) is 6. The monoisotopic (exact) mass is 613 g/mol. The lowest BCUT2D eigenvalue weighted by Gasteiger charge is -2.33. The predicted octanol–water partition coefficient (Wildman–Crippen LogP) is 4.67. The zero-order valence-electron chi connectivity index (χ0n) is 27.0. The van der Waals surface area contributed by atoms with E-state index in [0.717, 1.165) is 63.4 Å². The molecule has 0 aliphatic carbocycles.